The number of phenols is 2. The predicted molar refractivity (Wildman–Crippen MR) is 375 cm³/mol. The molecule has 10 rings (SSSR count). The van der Waals surface area contributed by atoms with E-state index in [1.165, 1.54) is 89.1 Å². The summed E-state index contributed by atoms with van der Waals surface area (Å²) in [4.78, 5) is 91.7. The molecule has 652 valence electrons. The first-order valence-electron chi connectivity index (χ1n) is 31.9. The van der Waals surface area contributed by atoms with E-state index in [1.54, 1.807) is 0 Å². The van der Waals surface area contributed by atoms with Gasteiger partial charge in [-0.15, -0.1) is 0 Å². The SMILES string of the molecule is CON=C(C(=O)OC)c1ccc(F)cc1O.CON=C(C(=O)OC)c1ccc(F)cc1O.CON=C(C(=O)OC)c1ccc(F)cc1Oc1nccc(OCC(F)(F)F)n1.CON=C(C(=O)OC)c1ccc(F)cc1Oc1ncnc(Oc2cccc(F)c2)c1F.Fc1cccc(Oc2ncnc(F)c2F)c1.Fc1nccc(OCC(F)(F)F)n1.[F-].[F-]. The number of alkyl halides is 6. The fourth-order valence-electron chi connectivity index (χ4n) is 8.04. The summed E-state index contributed by atoms with van der Waals surface area (Å²) in [5.74, 6) is -15.1. The van der Waals surface area contributed by atoms with E-state index in [1.807, 2.05) is 0 Å². The summed E-state index contributed by atoms with van der Waals surface area (Å²) in [5.41, 5.74) is -1.17. The number of carbonyl (C=O) groups is 4. The number of hydrogen-bond donors (Lipinski definition) is 2. The van der Waals surface area contributed by atoms with Crippen LogP contribution < -0.4 is 37.8 Å². The van der Waals surface area contributed by atoms with E-state index >= 15 is 0 Å². The van der Waals surface area contributed by atoms with Gasteiger partial charge in [0.25, 0.3) is 23.6 Å². The molecule has 122 heavy (non-hydrogen) atoms. The van der Waals surface area contributed by atoms with Crippen molar-refractivity contribution in [3.8, 4) is 69.9 Å². The van der Waals surface area contributed by atoms with Gasteiger partial charge in [0.2, 0.25) is 23.4 Å². The maximum absolute atomic E-state index is 14.8. The Morgan fingerprint density at radius 2 is 0.705 bits per heavy atom. The van der Waals surface area contributed by atoms with Crippen LogP contribution in [0.25, 0.3) is 0 Å². The van der Waals surface area contributed by atoms with Gasteiger partial charge in [-0.05, 0) is 72.8 Å². The van der Waals surface area contributed by atoms with Crippen LogP contribution in [-0.2, 0) is 57.5 Å². The smallest absolute Gasteiger partial charge is 0.422 e. The average molecular weight is 1750 g/mol. The van der Waals surface area contributed by atoms with Crippen molar-refractivity contribution >= 4 is 46.7 Å². The number of benzene rings is 6. The molecule has 4 aromatic heterocycles. The van der Waals surface area contributed by atoms with Crippen LogP contribution in [0.3, 0.4) is 0 Å². The zero-order valence-electron chi connectivity index (χ0n) is 62.8. The van der Waals surface area contributed by atoms with Crippen LogP contribution >= 0.6 is 0 Å². The van der Waals surface area contributed by atoms with Crippen LogP contribution in [0.5, 0.6) is 69.9 Å². The molecule has 0 aliphatic heterocycles. The highest BCUT2D eigenvalue weighted by Gasteiger charge is 2.31. The quantitative estimate of drug-likeness (QED) is 0.0114. The van der Waals surface area contributed by atoms with E-state index in [0.717, 1.165) is 126 Å². The zero-order valence-corrected chi connectivity index (χ0v) is 62.8. The Hall–Kier alpha value is -15.5. The van der Waals surface area contributed by atoms with Crippen molar-refractivity contribution in [1.29, 1.82) is 0 Å². The highest BCUT2D eigenvalue weighted by Crippen LogP contribution is 2.34. The van der Waals surface area contributed by atoms with Crippen molar-refractivity contribution in [2.45, 2.75) is 12.4 Å². The molecule has 10 aromatic rings. The number of rotatable bonds is 24. The number of halogens is 18. The second-order valence-electron chi connectivity index (χ2n) is 21.1. The molecule has 0 atom stereocenters. The summed E-state index contributed by atoms with van der Waals surface area (Å²) in [6.45, 7) is -3.06. The van der Waals surface area contributed by atoms with Crippen molar-refractivity contribution in [2.24, 2.45) is 20.6 Å². The minimum atomic E-state index is -4.56. The molecule has 50 heteroatoms. The van der Waals surface area contributed by atoms with Gasteiger partial charge in [0.15, 0.2) is 36.1 Å². The fraction of sp³-hybridized carbons (Fsp3) is 0.167. The van der Waals surface area contributed by atoms with E-state index in [2.05, 4.69) is 108 Å². The molecule has 0 unspecified atom stereocenters. The molecule has 0 amide bonds. The summed E-state index contributed by atoms with van der Waals surface area (Å²) in [6.07, 6.45) is -6.36. The molecule has 6 aromatic carbocycles. The summed E-state index contributed by atoms with van der Waals surface area (Å²) in [6, 6.07) is 24.1. The summed E-state index contributed by atoms with van der Waals surface area (Å²) < 4.78 is 251. The largest absolute Gasteiger partial charge is 1.00 e. The number of aromatic nitrogens is 8. The van der Waals surface area contributed by atoms with Gasteiger partial charge in [0.05, 0.1) is 50.7 Å². The van der Waals surface area contributed by atoms with Crippen LogP contribution in [0.15, 0.2) is 179 Å². The monoisotopic (exact) mass is 1750 g/mol. The predicted octanol–water partition coefficient (Wildman–Crippen LogP) is 7.24. The van der Waals surface area contributed by atoms with Gasteiger partial charge in [-0.3, -0.25) is 0 Å². The number of oxime groups is 4. The second-order valence-corrected chi connectivity index (χ2v) is 21.1. The van der Waals surface area contributed by atoms with Crippen molar-refractivity contribution in [3.63, 3.8) is 0 Å². The molecule has 32 nitrogen and oxygen atoms in total. The molecule has 0 saturated carbocycles. The molecule has 0 spiro atoms. The minimum Gasteiger partial charge on any atom is -1.00 e. The lowest BCUT2D eigenvalue weighted by atomic mass is 10.1. The number of ether oxygens (including phenoxy) is 10. The van der Waals surface area contributed by atoms with Gasteiger partial charge >= 0.3 is 48.3 Å². The fourth-order valence-corrected chi connectivity index (χ4v) is 8.04. The average Bonchev–Trinajstić information content (AvgIpc) is 0.799. The van der Waals surface area contributed by atoms with Crippen LogP contribution in [0.2, 0.25) is 0 Å². The molecule has 0 radical (unpaired) electrons. The molecule has 0 bridgehead atoms. The number of esters is 4. The third-order valence-corrected chi connectivity index (χ3v) is 12.9. The van der Waals surface area contributed by atoms with Crippen LogP contribution in [0.4, 0.5) is 70.2 Å². The van der Waals surface area contributed by atoms with E-state index in [-0.39, 0.29) is 77.5 Å². The highest BCUT2D eigenvalue weighted by atomic mass is 19.4. The van der Waals surface area contributed by atoms with E-state index in [9.17, 15) is 99.6 Å². The van der Waals surface area contributed by atoms with Crippen molar-refractivity contribution in [3.05, 3.63) is 239 Å². The topological polar surface area (TPSA) is 391 Å². The van der Waals surface area contributed by atoms with Gasteiger partial charge in [-0.25, -0.2) is 60.5 Å². The number of phenolic OH excluding ortho intramolecular Hbond substituents is 2. The second kappa shape index (κ2) is 49.6. The Labute approximate surface area is 672 Å². The van der Waals surface area contributed by atoms with Crippen molar-refractivity contribution in [1.82, 2.24) is 39.9 Å². The number of nitrogens with zero attached hydrogens (tertiary/aromatic N) is 12. The Balaban J connectivity index is 0.000000388. The van der Waals surface area contributed by atoms with Gasteiger partial charge in [-0.1, -0.05) is 32.8 Å². The van der Waals surface area contributed by atoms with Crippen LogP contribution in [0, 0.1) is 58.6 Å². The Morgan fingerprint density at radius 3 is 1.07 bits per heavy atom. The Morgan fingerprint density at radius 1 is 0.369 bits per heavy atom. The lowest BCUT2D eigenvalue weighted by Crippen LogP contribution is -3.00. The first kappa shape index (κ1) is 101. The zero-order chi connectivity index (χ0) is 88.8. The van der Waals surface area contributed by atoms with Gasteiger partial charge in [0, 0.05) is 60.9 Å². The Kier molecular flexibility index (Phi) is 40.9. The molecule has 0 aliphatic rings. The van der Waals surface area contributed by atoms with Gasteiger partial charge < -0.3 is 86.3 Å². The first-order valence-corrected chi connectivity index (χ1v) is 31.9. The first-order chi connectivity index (χ1) is 57.0. The number of carbonyl (C=O) groups excluding carboxylic acids is 4. The molecule has 2 N–H and O–H groups in total. The standard InChI is InChI=1S/C20H14F3N3O5.C16H13F4N3O5.C10H5F3N2O.2C10H10FNO4.C6H4F4N2O.2FH/c1-28-20(27)17(26-29-2)14-7-6-12(22)9-15(14)31-19-16(23)18(24-10-25-19)30-13-5-3-4-11(21)8-13;1-25-14(24)13(23-26-2)10-4-3-9(17)7-11(10)28-15-21-6-5-12(22-15)27-8-16(18,19)20;11-6-2-1-3-7(4-6)16-10-8(12)9(13)14-5-15-10;2*1-15-10(14)9(12-16-2)7-4-3-6(11)5-8(7)13;7-5-11-2-1-4(12-5)13-3-6(8,9)10;;/h3-10H,1-2H3;3-7H,8H2,1-2H3;1-5H;2*3-5,13H,1-2H3;1-2H,3H2;2*1H/p-2. The number of aromatic hydroxyl groups is 2. The van der Waals surface area contributed by atoms with Crippen LogP contribution in [0.1, 0.15) is 22.3 Å². The van der Waals surface area contributed by atoms with Crippen molar-refractivity contribution in [2.75, 3.05) is 70.1 Å². The number of methoxy groups -OCH3 is 4. The molecular weight excluding hydrogens is 1690 g/mol. The molecule has 0 saturated heterocycles. The van der Waals surface area contributed by atoms with E-state index in [0.29, 0.717) is 0 Å². The van der Waals surface area contributed by atoms with Crippen molar-refractivity contribution < 1.29 is 176 Å². The molecular formula is C72H56F18N12O20-2. The highest BCUT2D eigenvalue weighted by molar-refractivity contribution is 6.45. The third-order valence-electron chi connectivity index (χ3n) is 12.9. The summed E-state index contributed by atoms with van der Waals surface area (Å²) >= 11 is 0. The maximum atomic E-state index is 14.8. The lowest BCUT2D eigenvalue weighted by Gasteiger charge is -2.13. The molecule has 0 fully saturated rings. The van der Waals surface area contributed by atoms with Gasteiger partial charge in [0.1, 0.15) is 110 Å². The van der Waals surface area contributed by atoms with E-state index in [4.69, 9.17) is 18.9 Å². The van der Waals surface area contributed by atoms with Crippen LogP contribution in [-0.4, -0.2) is 179 Å². The molecule has 0 aliphatic carbocycles. The lowest BCUT2D eigenvalue weighted by molar-refractivity contribution is -0.154. The molecule has 4 heterocycles. The summed E-state index contributed by atoms with van der Waals surface area (Å²) in [5, 5.41) is 32.8. The minimum absolute atomic E-state index is 0. The maximum Gasteiger partial charge on any atom is 0.422 e. The summed E-state index contributed by atoms with van der Waals surface area (Å²) in [7, 11) is 9.37. The van der Waals surface area contributed by atoms with E-state index < -0.39 is 155 Å². The third kappa shape index (κ3) is 32.9. The Bertz CT molecular complexity index is 5200. The number of hydrogen-bond acceptors (Lipinski definition) is 32. The normalized spacial score (nSPS) is 11.0. The van der Waals surface area contributed by atoms with Gasteiger partial charge in [-0.2, -0.15) is 68.8 Å².